The van der Waals surface area contributed by atoms with Crippen LogP contribution in [0.1, 0.15) is 46.8 Å². The minimum absolute atomic E-state index is 0.216. The molecule has 1 aromatic rings. The topological polar surface area (TPSA) is 13.1 Å². The Hall–Kier alpha value is -0.0200. The highest BCUT2D eigenvalue weighted by molar-refractivity contribution is 7.83. The van der Waals surface area contributed by atoms with E-state index in [-0.39, 0.29) is 5.41 Å². The van der Waals surface area contributed by atoms with Gasteiger partial charge in [0.1, 0.15) is 12.0 Å². The molecule has 1 aromatic heterocycles. The molecule has 0 atom stereocenters. The van der Waals surface area contributed by atoms with Gasteiger partial charge in [0, 0.05) is 6.42 Å². The second-order valence-corrected chi connectivity index (χ2v) is 7.40. The Morgan fingerprint density at radius 2 is 1.69 bits per heavy atom. The minimum atomic E-state index is 0.216. The van der Waals surface area contributed by atoms with E-state index >= 15 is 0 Å². The maximum atomic E-state index is 5.49. The highest BCUT2D eigenvalue weighted by atomic mass is 32.1. The maximum Gasteiger partial charge on any atom is 0.118 e. The molecule has 0 aliphatic rings. The third-order valence-electron chi connectivity index (χ3n) is 2.47. The van der Waals surface area contributed by atoms with Crippen molar-refractivity contribution in [2.75, 3.05) is 0 Å². The second kappa shape index (κ2) is 4.69. The van der Waals surface area contributed by atoms with Crippen molar-refractivity contribution in [1.29, 1.82) is 0 Å². The largest absolute Gasteiger partial charge is 0.467 e. The van der Waals surface area contributed by atoms with Gasteiger partial charge in [0.05, 0.1) is 9.79 Å². The number of hydrogen-bond donors (Lipinski definition) is 2. The average Bonchev–Trinajstić information content (AvgIpc) is 2.30. The van der Waals surface area contributed by atoms with E-state index in [1.807, 2.05) is 0 Å². The first-order chi connectivity index (χ1) is 7.11. The summed E-state index contributed by atoms with van der Waals surface area (Å²) in [7, 11) is 0. The van der Waals surface area contributed by atoms with E-state index in [1.165, 1.54) is 0 Å². The van der Waals surface area contributed by atoms with E-state index in [0.717, 1.165) is 28.4 Å². The average molecular weight is 258 g/mol. The molecule has 16 heavy (non-hydrogen) atoms. The number of rotatable bonds is 3. The summed E-state index contributed by atoms with van der Waals surface area (Å²) >= 11 is 8.70. The van der Waals surface area contributed by atoms with Crippen molar-refractivity contribution in [2.24, 2.45) is 10.8 Å². The smallest absolute Gasteiger partial charge is 0.118 e. The molecule has 0 aliphatic heterocycles. The molecule has 1 heterocycles. The Morgan fingerprint density at radius 3 is 2.06 bits per heavy atom. The second-order valence-electron chi connectivity index (χ2n) is 6.47. The lowest BCUT2D eigenvalue weighted by Crippen LogP contribution is -2.22. The predicted molar refractivity (Wildman–Crippen MR) is 74.8 cm³/mol. The van der Waals surface area contributed by atoms with Gasteiger partial charge in [-0.15, -0.1) is 25.3 Å². The summed E-state index contributed by atoms with van der Waals surface area (Å²) in [6.45, 7) is 11.3. The van der Waals surface area contributed by atoms with Crippen LogP contribution in [0.3, 0.4) is 0 Å². The van der Waals surface area contributed by atoms with E-state index in [9.17, 15) is 0 Å². The van der Waals surface area contributed by atoms with E-state index < -0.39 is 0 Å². The first kappa shape index (κ1) is 14.0. The van der Waals surface area contributed by atoms with Crippen molar-refractivity contribution in [3.8, 4) is 0 Å². The van der Waals surface area contributed by atoms with Crippen molar-refractivity contribution in [3.63, 3.8) is 0 Å². The van der Waals surface area contributed by atoms with Crippen molar-refractivity contribution < 1.29 is 4.42 Å². The van der Waals surface area contributed by atoms with Crippen molar-refractivity contribution in [1.82, 2.24) is 0 Å². The summed E-state index contributed by atoms with van der Waals surface area (Å²) in [6, 6.07) is 0. The van der Waals surface area contributed by atoms with Gasteiger partial charge in [0.25, 0.3) is 0 Å². The molecular weight excluding hydrogens is 236 g/mol. The zero-order valence-corrected chi connectivity index (χ0v) is 12.6. The van der Waals surface area contributed by atoms with Crippen LogP contribution in [-0.4, -0.2) is 0 Å². The molecule has 0 saturated heterocycles. The molecule has 0 radical (unpaired) electrons. The van der Waals surface area contributed by atoms with Gasteiger partial charge in [-0.3, -0.25) is 0 Å². The molecule has 0 unspecified atom stereocenters. The Kier molecular flexibility index (Phi) is 4.12. The van der Waals surface area contributed by atoms with E-state index in [1.54, 1.807) is 6.26 Å². The molecule has 0 amide bonds. The molecule has 0 N–H and O–H groups in total. The molecule has 0 saturated carbocycles. The van der Waals surface area contributed by atoms with Crippen LogP contribution in [0.5, 0.6) is 0 Å². The zero-order chi connectivity index (χ0) is 12.6. The zero-order valence-electron chi connectivity index (χ0n) is 10.8. The molecule has 1 nitrogen and oxygen atoms in total. The van der Waals surface area contributed by atoms with Gasteiger partial charge in [-0.2, -0.15) is 0 Å². The third-order valence-corrected chi connectivity index (χ3v) is 3.46. The molecule has 0 aliphatic carbocycles. The van der Waals surface area contributed by atoms with Crippen molar-refractivity contribution >= 4 is 25.3 Å². The van der Waals surface area contributed by atoms with Crippen molar-refractivity contribution in [2.45, 2.75) is 57.3 Å². The van der Waals surface area contributed by atoms with Crippen LogP contribution in [0, 0.1) is 10.8 Å². The third kappa shape index (κ3) is 4.10. The van der Waals surface area contributed by atoms with Gasteiger partial charge >= 0.3 is 0 Å². The van der Waals surface area contributed by atoms with Crippen LogP contribution in [-0.2, 0) is 6.42 Å². The van der Waals surface area contributed by atoms with Crippen molar-refractivity contribution in [3.05, 3.63) is 12.0 Å². The van der Waals surface area contributed by atoms with Gasteiger partial charge in [0.15, 0.2) is 0 Å². The van der Waals surface area contributed by atoms with Gasteiger partial charge in [-0.1, -0.05) is 34.6 Å². The van der Waals surface area contributed by atoms with E-state index in [0.29, 0.717) is 5.41 Å². The van der Waals surface area contributed by atoms with Gasteiger partial charge in [-0.25, -0.2) is 0 Å². The summed E-state index contributed by atoms with van der Waals surface area (Å²) in [4.78, 5) is 1.70. The molecule has 0 fully saturated rings. The fourth-order valence-corrected chi connectivity index (χ4v) is 2.80. The Morgan fingerprint density at radius 1 is 1.12 bits per heavy atom. The molecule has 3 heteroatoms. The van der Waals surface area contributed by atoms with E-state index in [4.69, 9.17) is 4.42 Å². The van der Waals surface area contributed by atoms with E-state index in [2.05, 4.69) is 59.9 Å². The molecule has 0 spiro atoms. The maximum absolute atomic E-state index is 5.49. The van der Waals surface area contributed by atoms with Crippen LogP contribution in [0.15, 0.2) is 20.5 Å². The summed E-state index contributed by atoms with van der Waals surface area (Å²) in [5, 5.41) is 0. The SMILES string of the molecule is CC(C)(C)CC(C)(C)Cc1occ(S)c1S. The molecule has 0 aromatic carbocycles. The summed E-state index contributed by atoms with van der Waals surface area (Å²) in [6.07, 6.45) is 3.72. The summed E-state index contributed by atoms with van der Waals surface area (Å²) in [5.74, 6) is 0.947. The van der Waals surface area contributed by atoms with Crippen LogP contribution in [0.25, 0.3) is 0 Å². The van der Waals surface area contributed by atoms with Crippen LogP contribution < -0.4 is 0 Å². The number of hydrogen-bond acceptors (Lipinski definition) is 3. The quantitative estimate of drug-likeness (QED) is 0.738. The predicted octanol–water partition coefficient (Wildman–Crippen LogP) is 4.86. The first-order valence-electron chi connectivity index (χ1n) is 5.59. The highest BCUT2D eigenvalue weighted by Gasteiger charge is 2.27. The molecule has 92 valence electrons. The number of thiol groups is 2. The first-order valence-corrected chi connectivity index (χ1v) is 6.48. The lowest BCUT2D eigenvalue weighted by atomic mass is 9.74. The monoisotopic (exact) mass is 258 g/mol. The summed E-state index contributed by atoms with van der Waals surface area (Å²) in [5.41, 5.74) is 0.546. The van der Waals surface area contributed by atoms with Crippen LogP contribution in [0.4, 0.5) is 0 Å². The van der Waals surface area contributed by atoms with Gasteiger partial charge < -0.3 is 4.42 Å². The fraction of sp³-hybridized carbons (Fsp3) is 0.692. The number of furan rings is 1. The lowest BCUT2D eigenvalue weighted by molar-refractivity contribution is 0.200. The fourth-order valence-electron chi connectivity index (χ4n) is 2.44. The molecule has 0 bridgehead atoms. The van der Waals surface area contributed by atoms with Gasteiger partial charge in [0.2, 0.25) is 0 Å². The van der Waals surface area contributed by atoms with Gasteiger partial charge in [-0.05, 0) is 17.3 Å². The van der Waals surface area contributed by atoms with Crippen LogP contribution >= 0.6 is 25.3 Å². The Balaban J connectivity index is 2.77. The lowest BCUT2D eigenvalue weighted by Gasteiger charge is -2.31. The normalized spacial score (nSPS) is 13.2. The summed E-state index contributed by atoms with van der Waals surface area (Å²) < 4.78 is 5.49. The molecule has 1 rings (SSSR count). The highest BCUT2D eigenvalue weighted by Crippen LogP contribution is 2.38. The Labute approximate surface area is 110 Å². The minimum Gasteiger partial charge on any atom is -0.467 e. The Bertz CT molecular complexity index is 358. The van der Waals surface area contributed by atoms with Crippen LogP contribution in [0.2, 0.25) is 0 Å². The molecular formula is C13H22OS2. The standard InChI is InChI=1S/C13H22OS2/c1-12(2,3)8-13(4,5)6-9-11(16)10(15)7-14-9/h7,15-16H,6,8H2,1-5H3.